The Hall–Kier alpha value is -1.66. The fraction of sp³-hybridized carbons (Fsp3) is 0.500. The van der Waals surface area contributed by atoms with Crippen molar-refractivity contribution in [2.75, 3.05) is 18.5 Å². The number of nitrogens with zero attached hydrogens (tertiary/aromatic N) is 2. The van der Waals surface area contributed by atoms with Crippen LogP contribution in [-0.4, -0.2) is 35.1 Å². The second-order valence-corrected chi connectivity index (χ2v) is 4.76. The Balaban J connectivity index is 2.11. The molecule has 0 bridgehead atoms. The van der Waals surface area contributed by atoms with Gasteiger partial charge in [0.05, 0.1) is 4.92 Å². The van der Waals surface area contributed by atoms with Gasteiger partial charge >= 0.3 is 0 Å². The third kappa shape index (κ3) is 2.96. The zero-order valence-electron chi connectivity index (χ0n) is 10.6. The fourth-order valence-electron chi connectivity index (χ4n) is 2.32. The number of anilines is 1. The number of hydrogen-bond acceptors (Lipinski definition) is 5. The molecule has 2 N–H and O–H groups in total. The Morgan fingerprint density at radius 2 is 1.94 bits per heavy atom. The first-order valence-corrected chi connectivity index (χ1v) is 6.07. The monoisotopic (exact) mass is 250 g/mol. The van der Waals surface area contributed by atoms with Crippen molar-refractivity contribution in [3.05, 3.63) is 34.4 Å². The molecule has 0 spiro atoms. The van der Waals surface area contributed by atoms with Crippen molar-refractivity contribution < 1.29 is 4.92 Å². The van der Waals surface area contributed by atoms with Crippen LogP contribution in [0.1, 0.15) is 13.8 Å². The van der Waals surface area contributed by atoms with Gasteiger partial charge in [-0.3, -0.25) is 10.1 Å². The quantitative estimate of drug-likeness (QED) is 0.630. The lowest BCUT2D eigenvalue weighted by molar-refractivity contribution is -0.384. The smallest absolute Gasteiger partial charge is 0.293 e. The van der Waals surface area contributed by atoms with Gasteiger partial charge in [0.1, 0.15) is 5.69 Å². The van der Waals surface area contributed by atoms with Crippen molar-refractivity contribution in [2.24, 2.45) is 0 Å². The molecule has 1 aromatic carbocycles. The number of hydrogen-bond donors (Lipinski definition) is 2. The van der Waals surface area contributed by atoms with E-state index in [-0.39, 0.29) is 10.6 Å². The minimum atomic E-state index is -0.364. The van der Waals surface area contributed by atoms with Crippen LogP contribution in [0.3, 0.4) is 0 Å². The maximum absolute atomic E-state index is 10.9. The number of nitro benzene ring substituents is 1. The van der Waals surface area contributed by atoms with Crippen LogP contribution in [0.4, 0.5) is 11.4 Å². The first kappa shape index (κ1) is 12.8. The largest absolute Gasteiger partial charge is 0.313 e. The molecule has 6 heteroatoms. The minimum Gasteiger partial charge on any atom is -0.313 e. The topological polar surface area (TPSA) is 70.4 Å². The molecule has 1 aromatic rings. The summed E-state index contributed by atoms with van der Waals surface area (Å²) in [6, 6.07) is 7.44. The molecular weight excluding hydrogens is 232 g/mol. The Morgan fingerprint density at radius 3 is 2.56 bits per heavy atom. The van der Waals surface area contributed by atoms with E-state index in [1.54, 1.807) is 18.2 Å². The Kier molecular flexibility index (Phi) is 3.78. The molecule has 1 saturated heterocycles. The summed E-state index contributed by atoms with van der Waals surface area (Å²) in [6.45, 7) is 5.83. The molecule has 0 radical (unpaired) electrons. The third-order valence-electron chi connectivity index (χ3n) is 2.94. The van der Waals surface area contributed by atoms with Crippen LogP contribution < -0.4 is 10.7 Å². The molecular formula is C12H18N4O2. The van der Waals surface area contributed by atoms with Crippen LogP contribution in [0.5, 0.6) is 0 Å². The predicted molar refractivity (Wildman–Crippen MR) is 70.4 cm³/mol. The molecule has 0 saturated carbocycles. The molecule has 2 unspecified atom stereocenters. The number of nitro groups is 1. The highest BCUT2D eigenvalue weighted by molar-refractivity contribution is 5.60. The van der Waals surface area contributed by atoms with Crippen molar-refractivity contribution >= 4 is 11.4 Å². The lowest BCUT2D eigenvalue weighted by Crippen LogP contribution is -2.55. The van der Waals surface area contributed by atoms with Gasteiger partial charge in [-0.2, -0.15) is 0 Å². The SMILES string of the molecule is CC1CN(Nc2ccccc2[N+](=O)[O-])CC(C)N1. The Morgan fingerprint density at radius 1 is 1.33 bits per heavy atom. The average molecular weight is 250 g/mol. The van der Waals surface area contributed by atoms with E-state index in [1.807, 2.05) is 5.01 Å². The van der Waals surface area contributed by atoms with Crippen LogP contribution in [0, 0.1) is 10.1 Å². The van der Waals surface area contributed by atoms with Crippen LogP contribution in [0.2, 0.25) is 0 Å². The highest BCUT2D eigenvalue weighted by Gasteiger charge is 2.22. The standard InChI is InChI=1S/C12H18N4O2/c1-9-7-15(8-10(2)13-9)14-11-5-3-4-6-12(11)16(17)18/h3-6,9-10,13-14H,7-8H2,1-2H3. The Labute approximate surface area is 106 Å². The summed E-state index contributed by atoms with van der Waals surface area (Å²) < 4.78 is 0. The maximum atomic E-state index is 10.9. The average Bonchev–Trinajstić information content (AvgIpc) is 2.27. The first-order valence-electron chi connectivity index (χ1n) is 6.07. The molecule has 0 aromatic heterocycles. The van der Waals surface area contributed by atoms with Gasteiger partial charge in [-0.15, -0.1) is 0 Å². The fourth-order valence-corrected chi connectivity index (χ4v) is 2.32. The van der Waals surface area contributed by atoms with Crippen molar-refractivity contribution in [3.8, 4) is 0 Å². The van der Waals surface area contributed by atoms with Gasteiger partial charge in [-0.25, -0.2) is 5.01 Å². The molecule has 18 heavy (non-hydrogen) atoms. The summed E-state index contributed by atoms with van der Waals surface area (Å²) >= 11 is 0. The number of benzene rings is 1. The number of rotatable bonds is 3. The zero-order valence-corrected chi connectivity index (χ0v) is 10.6. The predicted octanol–water partition coefficient (Wildman–Crippen LogP) is 1.60. The van der Waals surface area contributed by atoms with Gasteiger partial charge in [0, 0.05) is 31.2 Å². The van der Waals surface area contributed by atoms with Crippen molar-refractivity contribution in [2.45, 2.75) is 25.9 Å². The van der Waals surface area contributed by atoms with E-state index in [0.29, 0.717) is 17.8 Å². The van der Waals surface area contributed by atoms with Crippen molar-refractivity contribution in [3.63, 3.8) is 0 Å². The molecule has 2 rings (SSSR count). The normalized spacial score (nSPS) is 24.8. The van der Waals surface area contributed by atoms with E-state index < -0.39 is 0 Å². The number of piperazine rings is 1. The second-order valence-electron chi connectivity index (χ2n) is 4.76. The lowest BCUT2D eigenvalue weighted by Gasteiger charge is -2.36. The third-order valence-corrected chi connectivity index (χ3v) is 2.94. The summed E-state index contributed by atoms with van der Waals surface area (Å²) in [6.07, 6.45) is 0. The van der Waals surface area contributed by atoms with Crippen molar-refractivity contribution in [1.82, 2.24) is 10.3 Å². The number of para-hydroxylation sites is 2. The molecule has 2 atom stereocenters. The molecule has 1 aliphatic rings. The highest BCUT2D eigenvalue weighted by Crippen LogP contribution is 2.24. The number of nitrogens with one attached hydrogen (secondary N) is 2. The molecule has 6 nitrogen and oxygen atoms in total. The Bertz CT molecular complexity index is 428. The van der Waals surface area contributed by atoms with Crippen molar-refractivity contribution in [1.29, 1.82) is 0 Å². The number of hydrazine groups is 1. The van der Waals surface area contributed by atoms with Gasteiger partial charge in [0.15, 0.2) is 0 Å². The van der Waals surface area contributed by atoms with E-state index in [4.69, 9.17) is 0 Å². The van der Waals surface area contributed by atoms with E-state index in [0.717, 1.165) is 13.1 Å². The molecule has 98 valence electrons. The summed E-state index contributed by atoms with van der Waals surface area (Å²) in [5, 5.41) is 16.4. The second kappa shape index (κ2) is 5.32. The molecule has 0 amide bonds. The minimum absolute atomic E-state index is 0.108. The highest BCUT2D eigenvalue weighted by atomic mass is 16.6. The summed E-state index contributed by atoms with van der Waals surface area (Å²) in [4.78, 5) is 10.6. The van der Waals surface area contributed by atoms with Gasteiger partial charge < -0.3 is 10.7 Å². The molecule has 1 heterocycles. The molecule has 0 aliphatic carbocycles. The van der Waals surface area contributed by atoms with Crippen LogP contribution in [0.15, 0.2) is 24.3 Å². The summed E-state index contributed by atoms with van der Waals surface area (Å²) in [5.74, 6) is 0. The van der Waals surface area contributed by atoms with E-state index in [1.165, 1.54) is 6.07 Å². The van der Waals surface area contributed by atoms with Gasteiger partial charge in [-0.1, -0.05) is 12.1 Å². The van der Waals surface area contributed by atoms with Gasteiger partial charge in [0.2, 0.25) is 0 Å². The maximum Gasteiger partial charge on any atom is 0.293 e. The van der Waals surface area contributed by atoms with E-state index >= 15 is 0 Å². The van der Waals surface area contributed by atoms with Crippen LogP contribution in [0.25, 0.3) is 0 Å². The zero-order chi connectivity index (χ0) is 13.1. The van der Waals surface area contributed by atoms with E-state index in [2.05, 4.69) is 24.6 Å². The van der Waals surface area contributed by atoms with Gasteiger partial charge in [0.25, 0.3) is 5.69 Å². The van der Waals surface area contributed by atoms with E-state index in [9.17, 15) is 10.1 Å². The van der Waals surface area contributed by atoms with Gasteiger partial charge in [-0.05, 0) is 19.9 Å². The van der Waals surface area contributed by atoms with Crippen LogP contribution in [-0.2, 0) is 0 Å². The molecule has 1 aliphatic heterocycles. The lowest BCUT2D eigenvalue weighted by atomic mass is 10.2. The van der Waals surface area contributed by atoms with Crippen LogP contribution >= 0.6 is 0 Å². The summed E-state index contributed by atoms with van der Waals surface area (Å²) in [7, 11) is 0. The summed E-state index contributed by atoms with van der Waals surface area (Å²) in [5.41, 5.74) is 3.80. The molecule has 1 fully saturated rings. The first-order chi connectivity index (χ1) is 8.56.